The molecule has 0 unspecified atom stereocenters. The van der Waals surface area contributed by atoms with E-state index in [0.717, 1.165) is 57.2 Å². The standard InChI is InChI=1S/C22H27N3O3.ClH/c26-25(27)22-8-2-1-7-21(22)24-14-12-23(13-15-24)11-4-16-28-20-10-9-18-5-3-6-19(18)17-20;/h1-2,7-10,17H,3-6,11-16H2;1H. The first-order chi connectivity index (χ1) is 13.7. The lowest BCUT2D eigenvalue weighted by atomic mass is 10.1. The summed E-state index contributed by atoms with van der Waals surface area (Å²) in [4.78, 5) is 15.5. The van der Waals surface area contributed by atoms with Crippen LogP contribution in [-0.2, 0) is 12.8 Å². The number of nitrogens with zero attached hydrogens (tertiary/aromatic N) is 3. The number of para-hydroxylation sites is 2. The van der Waals surface area contributed by atoms with Crippen molar-refractivity contribution in [1.82, 2.24) is 4.90 Å². The lowest BCUT2D eigenvalue weighted by Crippen LogP contribution is -2.47. The number of aryl methyl sites for hydroxylation is 2. The van der Waals surface area contributed by atoms with Crippen molar-refractivity contribution in [2.45, 2.75) is 25.7 Å². The van der Waals surface area contributed by atoms with Gasteiger partial charge in [0, 0.05) is 38.8 Å². The van der Waals surface area contributed by atoms with Gasteiger partial charge >= 0.3 is 0 Å². The van der Waals surface area contributed by atoms with Crippen molar-refractivity contribution in [3.8, 4) is 5.75 Å². The number of hydrogen-bond donors (Lipinski definition) is 0. The number of hydrogen-bond acceptors (Lipinski definition) is 5. The third kappa shape index (κ3) is 5.19. The van der Waals surface area contributed by atoms with E-state index in [0.29, 0.717) is 0 Å². The van der Waals surface area contributed by atoms with E-state index in [4.69, 9.17) is 4.74 Å². The molecule has 0 atom stereocenters. The minimum Gasteiger partial charge on any atom is -0.494 e. The molecule has 1 saturated heterocycles. The van der Waals surface area contributed by atoms with Gasteiger partial charge in [0.05, 0.1) is 11.5 Å². The summed E-state index contributed by atoms with van der Waals surface area (Å²) in [5, 5.41) is 11.2. The predicted molar refractivity (Wildman–Crippen MR) is 118 cm³/mol. The van der Waals surface area contributed by atoms with E-state index in [-0.39, 0.29) is 23.0 Å². The summed E-state index contributed by atoms with van der Waals surface area (Å²) in [6, 6.07) is 13.5. The van der Waals surface area contributed by atoms with Crippen LogP contribution in [0, 0.1) is 10.1 Å². The Kier molecular flexibility index (Phi) is 7.34. The van der Waals surface area contributed by atoms with E-state index in [1.54, 1.807) is 12.1 Å². The highest BCUT2D eigenvalue weighted by Crippen LogP contribution is 2.28. The number of benzene rings is 2. The Morgan fingerprint density at radius 1 is 1.00 bits per heavy atom. The van der Waals surface area contributed by atoms with E-state index in [2.05, 4.69) is 28.0 Å². The zero-order chi connectivity index (χ0) is 19.3. The molecule has 156 valence electrons. The summed E-state index contributed by atoms with van der Waals surface area (Å²) in [5.74, 6) is 0.988. The van der Waals surface area contributed by atoms with Gasteiger partial charge in [-0.2, -0.15) is 0 Å². The molecule has 0 aromatic heterocycles. The molecule has 1 aliphatic carbocycles. The summed E-state index contributed by atoms with van der Waals surface area (Å²) in [5.41, 5.74) is 3.85. The predicted octanol–water partition coefficient (Wildman–Crippen LogP) is 4.10. The van der Waals surface area contributed by atoms with Crippen molar-refractivity contribution in [2.75, 3.05) is 44.2 Å². The normalized spacial score (nSPS) is 16.2. The Balaban J connectivity index is 0.00000240. The van der Waals surface area contributed by atoms with E-state index in [9.17, 15) is 10.1 Å². The zero-order valence-corrected chi connectivity index (χ0v) is 17.4. The third-order valence-corrected chi connectivity index (χ3v) is 5.75. The van der Waals surface area contributed by atoms with Gasteiger partial charge in [-0.1, -0.05) is 18.2 Å². The SMILES string of the molecule is Cl.O=[N+]([O-])c1ccccc1N1CCN(CCCOc2ccc3c(c2)CCC3)CC1. The van der Waals surface area contributed by atoms with E-state index >= 15 is 0 Å². The summed E-state index contributed by atoms with van der Waals surface area (Å²) in [6.45, 7) is 5.20. The number of nitro benzene ring substituents is 1. The second kappa shape index (κ2) is 9.94. The topological polar surface area (TPSA) is 58.9 Å². The first kappa shape index (κ1) is 21.4. The van der Waals surface area contributed by atoms with Crippen molar-refractivity contribution in [1.29, 1.82) is 0 Å². The summed E-state index contributed by atoms with van der Waals surface area (Å²) < 4.78 is 5.94. The van der Waals surface area contributed by atoms with Crippen molar-refractivity contribution in [2.24, 2.45) is 0 Å². The molecule has 1 aliphatic heterocycles. The van der Waals surface area contributed by atoms with Crippen LogP contribution in [0.2, 0.25) is 0 Å². The van der Waals surface area contributed by atoms with Crippen LogP contribution in [0.1, 0.15) is 24.0 Å². The average Bonchev–Trinajstić information content (AvgIpc) is 3.19. The minimum absolute atomic E-state index is 0. The smallest absolute Gasteiger partial charge is 0.292 e. The number of halogens is 1. The Labute approximate surface area is 178 Å². The van der Waals surface area contributed by atoms with Crippen LogP contribution in [0.25, 0.3) is 0 Å². The van der Waals surface area contributed by atoms with Gasteiger partial charge in [0.25, 0.3) is 5.69 Å². The lowest BCUT2D eigenvalue weighted by molar-refractivity contribution is -0.384. The quantitative estimate of drug-likeness (QED) is 0.385. The molecule has 0 N–H and O–H groups in total. The van der Waals surface area contributed by atoms with Gasteiger partial charge in [-0.25, -0.2) is 0 Å². The molecule has 0 radical (unpaired) electrons. The van der Waals surface area contributed by atoms with Crippen molar-refractivity contribution >= 4 is 23.8 Å². The van der Waals surface area contributed by atoms with Gasteiger partial charge in [-0.15, -0.1) is 12.4 Å². The molecule has 0 bridgehead atoms. The van der Waals surface area contributed by atoms with Crippen LogP contribution in [-0.4, -0.2) is 49.2 Å². The first-order valence-corrected chi connectivity index (χ1v) is 10.2. The second-order valence-corrected chi connectivity index (χ2v) is 7.56. The molecule has 6 nitrogen and oxygen atoms in total. The van der Waals surface area contributed by atoms with E-state index < -0.39 is 0 Å². The zero-order valence-electron chi connectivity index (χ0n) is 16.6. The van der Waals surface area contributed by atoms with Gasteiger partial charge in [0.2, 0.25) is 0 Å². The molecule has 0 spiro atoms. The van der Waals surface area contributed by atoms with Crippen LogP contribution >= 0.6 is 12.4 Å². The van der Waals surface area contributed by atoms with Crippen LogP contribution < -0.4 is 9.64 Å². The van der Waals surface area contributed by atoms with E-state index in [1.165, 1.54) is 30.4 Å². The number of fused-ring (bicyclic) bond motifs is 1. The maximum absolute atomic E-state index is 11.2. The molecule has 1 fully saturated rings. The molecule has 7 heteroatoms. The van der Waals surface area contributed by atoms with Gasteiger partial charge in [-0.3, -0.25) is 15.0 Å². The van der Waals surface area contributed by atoms with Crippen LogP contribution in [0.5, 0.6) is 5.75 Å². The van der Waals surface area contributed by atoms with Gasteiger partial charge < -0.3 is 9.64 Å². The Bertz CT molecular complexity index is 838. The number of nitro groups is 1. The monoisotopic (exact) mass is 417 g/mol. The Hall–Kier alpha value is -2.31. The number of anilines is 1. The second-order valence-electron chi connectivity index (χ2n) is 7.56. The number of piperazine rings is 1. The first-order valence-electron chi connectivity index (χ1n) is 10.2. The lowest BCUT2D eigenvalue weighted by Gasteiger charge is -2.35. The third-order valence-electron chi connectivity index (χ3n) is 5.75. The fourth-order valence-electron chi connectivity index (χ4n) is 4.21. The molecular formula is C22H28ClN3O3. The molecule has 29 heavy (non-hydrogen) atoms. The number of rotatable bonds is 7. The largest absolute Gasteiger partial charge is 0.494 e. The fourth-order valence-corrected chi connectivity index (χ4v) is 4.21. The highest BCUT2D eigenvalue weighted by molar-refractivity contribution is 5.85. The molecule has 0 amide bonds. The summed E-state index contributed by atoms with van der Waals surface area (Å²) in [6.07, 6.45) is 4.63. The highest BCUT2D eigenvalue weighted by Gasteiger charge is 2.22. The highest BCUT2D eigenvalue weighted by atomic mass is 35.5. The van der Waals surface area contributed by atoms with Crippen LogP contribution in [0.3, 0.4) is 0 Å². The molecule has 1 heterocycles. The molecule has 2 aromatic rings. The average molecular weight is 418 g/mol. The van der Waals surface area contributed by atoms with E-state index in [1.807, 2.05) is 12.1 Å². The summed E-state index contributed by atoms with van der Waals surface area (Å²) >= 11 is 0. The maximum Gasteiger partial charge on any atom is 0.292 e. The molecule has 2 aromatic carbocycles. The van der Waals surface area contributed by atoms with Crippen molar-refractivity contribution in [3.63, 3.8) is 0 Å². The summed E-state index contributed by atoms with van der Waals surface area (Å²) in [7, 11) is 0. The Morgan fingerprint density at radius 3 is 2.55 bits per heavy atom. The number of ether oxygens (including phenoxy) is 1. The minimum atomic E-state index is -0.294. The van der Waals surface area contributed by atoms with Crippen LogP contribution in [0.15, 0.2) is 42.5 Å². The van der Waals surface area contributed by atoms with Gasteiger partial charge in [0.1, 0.15) is 11.4 Å². The molecule has 4 rings (SSSR count). The Morgan fingerprint density at radius 2 is 1.76 bits per heavy atom. The van der Waals surface area contributed by atoms with Crippen molar-refractivity contribution < 1.29 is 9.66 Å². The van der Waals surface area contributed by atoms with Gasteiger partial charge in [0.15, 0.2) is 0 Å². The molecule has 2 aliphatic rings. The van der Waals surface area contributed by atoms with Gasteiger partial charge in [-0.05, 0) is 55.0 Å². The van der Waals surface area contributed by atoms with Crippen LogP contribution in [0.4, 0.5) is 11.4 Å². The maximum atomic E-state index is 11.2. The molecule has 0 saturated carbocycles. The fraction of sp³-hybridized carbons (Fsp3) is 0.455. The van der Waals surface area contributed by atoms with Crippen molar-refractivity contribution in [3.05, 3.63) is 63.7 Å². The molecular weight excluding hydrogens is 390 g/mol.